The van der Waals surface area contributed by atoms with Gasteiger partial charge in [0.15, 0.2) is 0 Å². The number of rotatable bonds is 2. The van der Waals surface area contributed by atoms with Crippen molar-refractivity contribution < 1.29 is 5.11 Å². The summed E-state index contributed by atoms with van der Waals surface area (Å²) < 4.78 is 0. The standard InChI is InChI=1S/C10H10N2O/c13-7-3-6-10-8-4-1-2-5-9(8)11-12-10/h1-6,13H,7H2,(H,11,12)/b6-3+. The molecule has 0 saturated carbocycles. The fourth-order valence-electron chi connectivity index (χ4n) is 1.28. The highest BCUT2D eigenvalue weighted by molar-refractivity contribution is 5.86. The predicted octanol–water partition coefficient (Wildman–Crippen LogP) is 1.57. The summed E-state index contributed by atoms with van der Waals surface area (Å²) in [6.45, 7) is 0.0490. The summed E-state index contributed by atoms with van der Waals surface area (Å²) >= 11 is 0. The van der Waals surface area contributed by atoms with Crippen molar-refractivity contribution in [1.82, 2.24) is 10.2 Å². The van der Waals surface area contributed by atoms with E-state index in [1.165, 1.54) is 0 Å². The molecule has 0 radical (unpaired) electrons. The molecule has 2 aromatic rings. The van der Waals surface area contributed by atoms with Gasteiger partial charge in [-0.25, -0.2) is 0 Å². The van der Waals surface area contributed by atoms with E-state index in [4.69, 9.17) is 5.11 Å². The molecule has 0 saturated heterocycles. The number of benzene rings is 1. The van der Waals surface area contributed by atoms with Crippen LogP contribution in [0.25, 0.3) is 17.0 Å². The van der Waals surface area contributed by atoms with E-state index < -0.39 is 0 Å². The normalized spacial score (nSPS) is 11.5. The van der Waals surface area contributed by atoms with Crippen LogP contribution in [0, 0.1) is 0 Å². The second-order valence-corrected chi connectivity index (χ2v) is 2.74. The van der Waals surface area contributed by atoms with Crippen LogP contribution in [0.3, 0.4) is 0 Å². The van der Waals surface area contributed by atoms with Gasteiger partial charge >= 0.3 is 0 Å². The van der Waals surface area contributed by atoms with Crippen LogP contribution in [0.15, 0.2) is 30.3 Å². The Kier molecular flexibility index (Phi) is 2.10. The highest BCUT2D eigenvalue weighted by Gasteiger charge is 1.99. The van der Waals surface area contributed by atoms with E-state index >= 15 is 0 Å². The molecule has 2 rings (SSSR count). The number of hydrogen-bond donors (Lipinski definition) is 2. The lowest BCUT2D eigenvalue weighted by Crippen LogP contribution is -1.74. The zero-order valence-corrected chi connectivity index (χ0v) is 7.07. The molecule has 66 valence electrons. The molecule has 0 spiro atoms. The van der Waals surface area contributed by atoms with Crippen molar-refractivity contribution in [2.75, 3.05) is 6.61 Å². The second-order valence-electron chi connectivity index (χ2n) is 2.74. The van der Waals surface area contributed by atoms with Gasteiger partial charge in [-0.1, -0.05) is 24.3 Å². The van der Waals surface area contributed by atoms with Crippen molar-refractivity contribution in [3.8, 4) is 0 Å². The van der Waals surface area contributed by atoms with E-state index in [2.05, 4.69) is 10.2 Å². The van der Waals surface area contributed by atoms with Crippen LogP contribution < -0.4 is 0 Å². The maximum absolute atomic E-state index is 8.62. The zero-order chi connectivity index (χ0) is 9.10. The molecule has 3 heteroatoms. The zero-order valence-electron chi connectivity index (χ0n) is 7.07. The first-order valence-electron chi connectivity index (χ1n) is 4.12. The number of nitrogens with one attached hydrogen (secondary N) is 1. The number of H-pyrrole nitrogens is 1. The summed E-state index contributed by atoms with van der Waals surface area (Å²) in [6, 6.07) is 7.86. The molecule has 13 heavy (non-hydrogen) atoms. The molecule has 0 aliphatic carbocycles. The van der Waals surface area contributed by atoms with Crippen molar-refractivity contribution >= 4 is 17.0 Å². The molecular weight excluding hydrogens is 164 g/mol. The van der Waals surface area contributed by atoms with Crippen molar-refractivity contribution in [2.45, 2.75) is 0 Å². The number of aromatic nitrogens is 2. The molecular formula is C10H10N2O. The molecule has 0 unspecified atom stereocenters. The van der Waals surface area contributed by atoms with E-state index in [-0.39, 0.29) is 6.61 Å². The maximum Gasteiger partial charge on any atom is 0.0927 e. The van der Waals surface area contributed by atoms with Gasteiger partial charge in [-0.2, -0.15) is 5.10 Å². The Labute approximate surface area is 75.7 Å². The summed E-state index contributed by atoms with van der Waals surface area (Å²) in [4.78, 5) is 0. The first kappa shape index (κ1) is 8.01. The Morgan fingerprint density at radius 1 is 1.38 bits per heavy atom. The van der Waals surface area contributed by atoms with Crippen LogP contribution in [-0.2, 0) is 0 Å². The van der Waals surface area contributed by atoms with Gasteiger partial charge in [0.2, 0.25) is 0 Å². The molecule has 0 fully saturated rings. The van der Waals surface area contributed by atoms with E-state index in [0.717, 1.165) is 16.6 Å². The Hall–Kier alpha value is -1.61. The van der Waals surface area contributed by atoms with Gasteiger partial charge in [-0.15, -0.1) is 0 Å². The topological polar surface area (TPSA) is 48.9 Å². The van der Waals surface area contributed by atoms with Crippen LogP contribution in [-0.4, -0.2) is 21.9 Å². The lowest BCUT2D eigenvalue weighted by Gasteiger charge is -1.87. The van der Waals surface area contributed by atoms with Gasteiger partial charge < -0.3 is 5.11 Å². The lowest BCUT2D eigenvalue weighted by atomic mass is 10.2. The molecule has 0 bridgehead atoms. The van der Waals surface area contributed by atoms with E-state index in [1.807, 2.05) is 30.3 Å². The summed E-state index contributed by atoms with van der Waals surface area (Å²) in [5, 5.41) is 16.7. The van der Waals surface area contributed by atoms with Crippen LogP contribution >= 0.6 is 0 Å². The largest absolute Gasteiger partial charge is 0.392 e. The SMILES string of the molecule is OC/C=C/c1[nH]nc2ccccc12. The van der Waals surface area contributed by atoms with Gasteiger partial charge in [0.1, 0.15) is 0 Å². The smallest absolute Gasteiger partial charge is 0.0927 e. The molecule has 2 N–H and O–H groups in total. The molecule has 1 aromatic heterocycles. The minimum Gasteiger partial charge on any atom is -0.392 e. The van der Waals surface area contributed by atoms with Crippen LogP contribution in [0.4, 0.5) is 0 Å². The highest BCUT2D eigenvalue weighted by atomic mass is 16.2. The molecule has 0 atom stereocenters. The summed E-state index contributed by atoms with van der Waals surface area (Å²) in [6.07, 6.45) is 3.51. The fourth-order valence-corrected chi connectivity index (χ4v) is 1.28. The third-order valence-corrected chi connectivity index (χ3v) is 1.88. The maximum atomic E-state index is 8.62. The summed E-state index contributed by atoms with van der Waals surface area (Å²) in [7, 11) is 0. The first-order chi connectivity index (χ1) is 6.42. The van der Waals surface area contributed by atoms with Gasteiger partial charge in [0.25, 0.3) is 0 Å². The van der Waals surface area contributed by atoms with Crippen molar-refractivity contribution in [2.24, 2.45) is 0 Å². The van der Waals surface area contributed by atoms with Crippen molar-refractivity contribution in [3.05, 3.63) is 36.0 Å². The Morgan fingerprint density at radius 2 is 2.23 bits per heavy atom. The van der Waals surface area contributed by atoms with Crippen LogP contribution in [0.2, 0.25) is 0 Å². The number of nitrogens with zero attached hydrogens (tertiary/aromatic N) is 1. The molecule has 3 nitrogen and oxygen atoms in total. The van der Waals surface area contributed by atoms with Crippen molar-refractivity contribution in [1.29, 1.82) is 0 Å². The third kappa shape index (κ3) is 1.46. The predicted molar refractivity (Wildman–Crippen MR) is 52.2 cm³/mol. The van der Waals surface area contributed by atoms with E-state index in [1.54, 1.807) is 6.08 Å². The molecule has 1 aromatic carbocycles. The number of fused-ring (bicyclic) bond motifs is 1. The van der Waals surface area contributed by atoms with E-state index in [0.29, 0.717) is 0 Å². The molecule has 1 heterocycles. The Balaban J connectivity index is 2.52. The molecule has 0 aliphatic heterocycles. The van der Waals surface area contributed by atoms with Gasteiger partial charge in [-0.3, -0.25) is 5.10 Å². The average molecular weight is 174 g/mol. The summed E-state index contributed by atoms with van der Waals surface area (Å²) in [5.74, 6) is 0. The monoisotopic (exact) mass is 174 g/mol. The second kappa shape index (κ2) is 3.41. The lowest BCUT2D eigenvalue weighted by molar-refractivity contribution is 0.343. The van der Waals surface area contributed by atoms with Gasteiger partial charge in [0, 0.05) is 5.39 Å². The van der Waals surface area contributed by atoms with E-state index in [9.17, 15) is 0 Å². The quantitative estimate of drug-likeness (QED) is 0.726. The molecule has 0 aliphatic rings. The minimum absolute atomic E-state index is 0.0490. The summed E-state index contributed by atoms with van der Waals surface area (Å²) in [5.41, 5.74) is 1.88. The van der Waals surface area contributed by atoms with Crippen molar-refractivity contribution in [3.63, 3.8) is 0 Å². The number of para-hydroxylation sites is 1. The number of hydrogen-bond acceptors (Lipinski definition) is 2. The Bertz CT molecular complexity index is 431. The number of aliphatic hydroxyl groups is 1. The minimum atomic E-state index is 0.0490. The van der Waals surface area contributed by atoms with Crippen LogP contribution in [0.1, 0.15) is 5.69 Å². The van der Waals surface area contributed by atoms with Gasteiger partial charge in [-0.05, 0) is 12.1 Å². The third-order valence-electron chi connectivity index (χ3n) is 1.88. The highest BCUT2D eigenvalue weighted by Crippen LogP contribution is 2.15. The number of aromatic amines is 1. The average Bonchev–Trinajstić information content (AvgIpc) is 2.58. The number of aliphatic hydroxyl groups excluding tert-OH is 1. The van der Waals surface area contributed by atoms with Crippen LogP contribution in [0.5, 0.6) is 0 Å². The van der Waals surface area contributed by atoms with Gasteiger partial charge in [0.05, 0.1) is 17.8 Å². The molecule has 0 amide bonds. The first-order valence-corrected chi connectivity index (χ1v) is 4.12. The Morgan fingerprint density at radius 3 is 3.08 bits per heavy atom. The fraction of sp³-hybridized carbons (Fsp3) is 0.100.